The highest BCUT2D eigenvalue weighted by molar-refractivity contribution is 8.18. The molecule has 1 saturated heterocycles. The second-order valence-electron chi connectivity index (χ2n) is 6.68. The van der Waals surface area contributed by atoms with E-state index in [2.05, 4.69) is 4.74 Å². The van der Waals surface area contributed by atoms with Crippen molar-refractivity contribution in [3.63, 3.8) is 0 Å². The monoisotopic (exact) mass is 452 g/mol. The number of carbonyl (C=O) groups excluding carboxylic acids is 3. The molecule has 1 aromatic carbocycles. The van der Waals surface area contributed by atoms with Crippen LogP contribution in [0.25, 0.3) is 11.8 Å². The Labute approximate surface area is 185 Å². The molecule has 0 unspecified atom stereocenters. The molecule has 0 bridgehead atoms. The number of thioether (sulfide) groups is 1. The van der Waals surface area contributed by atoms with Gasteiger partial charge in [-0.15, -0.1) is 0 Å². The summed E-state index contributed by atoms with van der Waals surface area (Å²) in [5.41, 5.74) is 1.34. The highest BCUT2D eigenvalue weighted by Gasteiger charge is 2.36. The van der Waals surface area contributed by atoms with Crippen molar-refractivity contribution in [1.29, 1.82) is 0 Å². The van der Waals surface area contributed by atoms with Gasteiger partial charge in [-0.25, -0.2) is 9.59 Å². The first-order valence-corrected chi connectivity index (χ1v) is 10.1. The predicted molar refractivity (Wildman–Crippen MR) is 114 cm³/mol. The van der Waals surface area contributed by atoms with E-state index in [9.17, 15) is 24.3 Å². The summed E-state index contributed by atoms with van der Waals surface area (Å²) in [4.78, 5) is 49.3. The molecule has 10 heteroatoms. The highest BCUT2D eigenvalue weighted by atomic mass is 32.2. The fourth-order valence-electron chi connectivity index (χ4n) is 3.14. The van der Waals surface area contributed by atoms with E-state index in [-0.39, 0.29) is 28.5 Å². The predicted octanol–water partition coefficient (Wildman–Crippen LogP) is 3.79. The molecule has 32 heavy (non-hydrogen) atoms. The van der Waals surface area contributed by atoms with Crippen LogP contribution in [0.15, 0.2) is 64.1 Å². The molecule has 1 aliphatic rings. The summed E-state index contributed by atoms with van der Waals surface area (Å²) >= 11 is 0.787. The second kappa shape index (κ2) is 8.60. The number of aromatic nitrogens is 1. The van der Waals surface area contributed by atoms with Gasteiger partial charge in [-0.3, -0.25) is 14.5 Å². The first kappa shape index (κ1) is 21.2. The Morgan fingerprint density at radius 1 is 1.16 bits per heavy atom. The lowest BCUT2D eigenvalue weighted by Gasteiger charge is -2.10. The van der Waals surface area contributed by atoms with Crippen molar-refractivity contribution >= 4 is 40.9 Å². The number of nitrogens with zero attached hydrogens (tertiary/aromatic N) is 2. The van der Waals surface area contributed by atoms with Crippen LogP contribution >= 0.6 is 11.8 Å². The van der Waals surface area contributed by atoms with Gasteiger partial charge in [0, 0.05) is 17.6 Å². The topological polar surface area (TPSA) is 119 Å². The van der Waals surface area contributed by atoms with Crippen LogP contribution in [0.3, 0.4) is 0 Å². The Morgan fingerprint density at radius 3 is 2.72 bits per heavy atom. The van der Waals surface area contributed by atoms with Crippen LogP contribution in [0.5, 0.6) is 0 Å². The molecule has 9 nitrogen and oxygen atoms in total. The van der Waals surface area contributed by atoms with Crippen molar-refractivity contribution in [2.75, 3.05) is 7.11 Å². The Balaban J connectivity index is 1.57. The smallest absolute Gasteiger partial charge is 0.373 e. The number of benzene rings is 1. The van der Waals surface area contributed by atoms with Crippen molar-refractivity contribution in [3.05, 3.63) is 82.4 Å². The molecule has 162 valence electrons. The summed E-state index contributed by atoms with van der Waals surface area (Å²) < 4.78 is 11.6. The van der Waals surface area contributed by atoms with Crippen LogP contribution in [0.1, 0.15) is 32.4 Å². The van der Waals surface area contributed by atoms with Gasteiger partial charge in [0.1, 0.15) is 5.76 Å². The number of imide groups is 1. The molecule has 2 aromatic heterocycles. The second-order valence-corrected chi connectivity index (χ2v) is 7.68. The number of rotatable bonds is 6. The average Bonchev–Trinajstić information content (AvgIpc) is 3.50. The molecule has 1 N–H and O–H groups in total. The molecule has 0 spiro atoms. The zero-order valence-electron chi connectivity index (χ0n) is 16.7. The minimum atomic E-state index is -1.05. The van der Waals surface area contributed by atoms with Gasteiger partial charge in [-0.05, 0) is 60.3 Å². The lowest BCUT2D eigenvalue weighted by atomic mass is 10.2. The van der Waals surface area contributed by atoms with Gasteiger partial charge < -0.3 is 18.8 Å². The number of furan rings is 1. The van der Waals surface area contributed by atoms with E-state index < -0.39 is 23.1 Å². The summed E-state index contributed by atoms with van der Waals surface area (Å²) in [5.74, 6) is -1.95. The Morgan fingerprint density at radius 2 is 1.97 bits per heavy atom. The molecule has 0 atom stereocenters. The first-order valence-electron chi connectivity index (χ1n) is 9.31. The summed E-state index contributed by atoms with van der Waals surface area (Å²) in [7, 11) is 1.22. The van der Waals surface area contributed by atoms with Gasteiger partial charge in [0.15, 0.2) is 0 Å². The number of amides is 2. The third-order valence-electron chi connectivity index (χ3n) is 4.67. The number of aromatic carboxylic acids is 1. The quantitative estimate of drug-likeness (QED) is 0.443. The number of hydrogen-bond acceptors (Lipinski definition) is 7. The zero-order chi connectivity index (χ0) is 22.8. The minimum absolute atomic E-state index is 0.0218. The van der Waals surface area contributed by atoms with E-state index in [1.807, 2.05) is 0 Å². The molecule has 3 heterocycles. The van der Waals surface area contributed by atoms with Crippen molar-refractivity contribution in [3.8, 4) is 5.69 Å². The lowest BCUT2D eigenvalue weighted by Crippen LogP contribution is -2.27. The standard InChI is InChI=1S/C22H16N2O7S/c1-30-21(28)17-8-7-16(31-17)12-24-19(25)18(32-22(24)29)11-15-6-3-9-23(15)14-5-2-4-13(10-14)20(26)27/h2-11H,12H2,1H3,(H,26,27)/b18-11+. The van der Waals surface area contributed by atoms with Gasteiger partial charge in [-0.2, -0.15) is 0 Å². The summed E-state index contributed by atoms with van der Waals surface area (Å²) in [5, 5.41) is 8.75. The normalized spacial score (nSPS) is 14.9. The van der Waals surface area contributed by atoms with Crippen LogP contribution < -0.4 is 0 Å². The fourth-order valence-corrected chi connectivity index (χ4v) is 3.96. The number of esters is 1. The maximum absolute atomic E-state index is 12.8. The number of ether oxygens (including phenoxy) is 1. The molecule has 1 aliphatic heterocycles. The molecular weight excluding hydrogens is 436 g/mol. The molecule has 1 fully saturated rings. The van der Waals surface area contributed by atoms with Crippen molar-refractivity contribution in [1.82, 2.24) is 9.47 Å². The molecule has 0 aliphatic carbocycles. The SMILES string of the molecule is COC(=O)c1ccc(CN2C(=O)S/C(=C/c3cccn3-c3cccc(C(=O)O)c3)C2=O)o1. The van der Waals surface area contributed by atoms with Gasteiger partial charge in [0.05, 0.1) is 24.1 Å². The van der Waals surface area contributed by atoms with Crippen LogP contribution in [0.2, 0.25) is 0 Å². The molecule has 0 saturated carbocycles. The van der Waals surface area contributed by atoms with Crippen molar-refractivity contribution in [2.24, 2.45) is 0 Å². The van der Waals surface area contributed by atoms with Gasteiger partial charge in [0.2, 0.25) is 5.76 Å². The Hall–Kier alpha value is -4.05. The molecule has 2 amide bonds. The molecular formula is C22H16N2O7S. The van der Waals surface area contributed by atoms with E-state index in [1.54, 1.807) is 41.1 Å². The highest BCUT2D eigenvalue weighted by Crippen LogP contribution is 2.34. The van der Waals surface area contributed by atoms with E-state index in [0.29, 0.717) is 11.4 Å². The Bertz CT molecular complexity index is 1270. The summed E-state index contributed by atoms with van der Waals surface area (Å²) in [6, 6.07) is 12.8. The van der Waals surface area contributed by atoms with Crippen LogP contribution in [0, 0.1) is 0 Å². The van der Waals surface area contributed by atoms with Gasteiger partial charge >= 0.3 is 11.9 Å². The van der Waals surface area contributed by atoms with Crippen molar-refractivity contribution in [2.45, 2.75) is 6.54 Å². The molecule has 3 aromatic rings. The largest absolute Gasteiger partial charge is 0.478 e. The molecule has 4 rings (SSSR count). The number of carboxylic acids is 1. The number of carboxylic acid groups (broad SMARTS) is 1. The molecule has 0 radical (unpaired) electrons. The van der Waals surface area contributed by atoms with E-state index >= 15 is 0 Å². The van der Waals surface area contributed by atoms with Crippen LogP contribution in [0.4, 0.5) is 4.79 Å². The van der Waals surface area contributed by atoms with E-state index in [1.165, 1.54) is 31.4 Å². The summed E-state index contributed by atoms with van der Waals surface area (Å²) in [6.07, 6.45) is 3.30. The average molecular weight is 452 g/mol. The van der Waals surface area contributed by atoms with Gasteiger partial charge in [-0.1, -0.05) is 6.07 Å². The summed E-state index contributed by atoms with van der Waals surface area (Å²) in [6.45, 7) is -0.124. The van der Waals surface area contributed by atoms with Gasteiger partial charge in [0.25, 0.3) is 11.1 Å². The zero-order valence-corrected chi connectivity index (χ0v) is 17.5. The van der Waals surface area contributed by atoms with Crippen LogP contribution in [-0.2, 0) is 16.1 Å². The maximum Gasteiger partial charge on any atom is 0.373 e. The van der Waals surface area contributed by atoms with Crippen LogP contribution in [-0.4, -0.2) is 44.8 Å². The number of hydrogen-bond donors (Lipinski definition) is 1. The van der Waals surface area contributed by atoms with Crippen molar-refractivity contribution < 1.29 is 33.4 Å². The Kier molecular flexibility index (Phi) is 5.69. The maximum atomic E-state index is 12.8. The van der Waals surface area contributed by atoms with E-state index in [0.717, 1.165) is 16.7 Å². The first-order chi connectivity index (χ1) is 15.4. The van der Waals surface area contributed by atoms with E-state index in [4.69, 9.17) is 4.42 Å². The number of carbonyl (C=O) groups is 4. The lowest BCUT2D eigenvalue weighted by molar-refractivity contribution is -0.123. The minimum Gasteiger partial charge on any atom is -0.478 e. The third kappa shape index (κ3) is 4.08. The fraction of sp³-hybridized carbons (Fsp3) is 0.0909. The number of methoxy groups -OCH3 is 1. The third-order valence-corrected chi connectivity index (χ3v) is 5.57.